The van der Waals surface area contributed by atoms with E-state index in [2.05, 4.69) is 11.1 Å². The fraction of sp³-hybridized carbons (Fsp3) is 0.0833. The standard InChI is InChI=1S/C12H10NO/c1-2-4-12(5-3-1)14-10-11-6-8-13-9-7-11/h2-9H,10H2. The van der Waals surface area contributed by atoms with E-state index >= 15 is 0 Å². The monoisotopic (exact) mass is 184 g/mol. The van der Waals surface area contributed by atoms with Crippen LogP contribution in [-0.4, -0.2) is 4.98 Å². The maximum absolute atomic E-state index is 5.54. The van der Waals surface area contributed by atoms with Crippen molar-refractivity contribution in [3.63, 3.8) is 0 Å². The molecule has 1 heterocycles. The number of pyridine rings is 1. The van der Waals surface area contributed by atoms with Gasteiger partial charge in [0, 0.05) is 12.4 Å². The summed E-state index contributed by atoms with van der Waals surface area (Å²) in [6.45, 7) is 0.576. The molecule has 0 bridgehead atoms. The summed E-state index contributed by atoms with van der Waals surface area (Å²) in [5.74, 6) is 0.862. The van der Waals surface area contributed by atoms with Gasteiger partial charge in [-0.25, -0.2) is 0 Å². The molecule has 1 radical (unpaired) electrons. The largest absolute Gasteiger partial charge is 0.489 e. The van der Waals surface area contributed by atoms with Crippen LogP contribution < -0.4 is 4.74 Å². The lowest BCUT2D eigenvalue weighted by Gasteiger charge is -2.04. The summed E-state index contributed by atoms with van der Waals surface area (Å²) in [5.41, 5.74) is 1.12. The maximum Gasteiger partial charge on any atom is 0.119 e. The smallest absolute Gasteiger partial charge is 0.119 e. The lowest BCUT2D eigenvalue weighted by atomic mass is 10.3. The molecule has 0 unspecified atom stereocenters. The van der Waals surface area contributed by atoms with Crippen LogP contribution in [0.5, 0.6) is 5.75 Å². The third-order valence-electron chi connectivity index (χ3n) is 1.84. The number of aromatic nitrogens is 1. The molecule has 0 fully saturated rings. The van der Waals surface area contributed by atoms with Gasteiger partial charge in [0.2, 0.25) is 0 Å². The van der Waals surface area contributed by atoms with Crippen molar-refractivity contribution in [2.75, 3.05) is 0 Å². The Hall–Kier alpha value is -1.83. The molecule has 1 aromatic heterocycles. The van der Waals surface area contributed by atoms with Gasteiger partial charge in [0.05, 0.1) is 0 Å². The molecule has 14 heavy (non-hydrogen) atoms. The van der Waals surface area contributed by atoms with E-state index in [1.54, 1.807) is 12.4 Å². The van der Waals surface area contributed by atoms with E-state index in [4.69, 9.17) is 4.74 Å². The van der Waals surface area contributed by atoms with Crippen molar-refractivity contribution in [3.05, 3.63) is 60.4 Å². The molecule has 2 nitrogen and oxygen atoms in total. The zero-order valence-electron chi connectivity index (χ0n) is 7.68. The second-order valence-electron chi connectivity index (χ2n) is 2.88. The lowest BCUT2D eigenvalue weighted by Crippen LogP contribution is -1.94. The Morgan fingerprint density at radius 3 is 2.50 bits per heavy atom. The molecule has 0 saturated carbocycles. The highest BCUT2D eigenvalue weighted by Gasteiger charge is 1.93. The third kappa shape index (κ3) is 2.33. The van der Waals surface area contributed by atoms with E-state index in [1.807, 2.05) is 36.4 Å². The Morgan fingerprint density at radius 1 is 1.07 bits per heavy atom. The van der Waals surface area contributed by atoms with E-state index in [1.165, 1.54) is 0 Å². The summed E-state index contributed by atoms with van der Waals surface area (Å²) < 4.78 is 5.54. The molecular weight excluding hydrogens is 174 g/mol. The molecule has 2 aromatic rings. The van der Waals surface area contributed by atoms with Crippen LogP contribution >= 0.6 is 0 Å². The van der Waals surface area contributed by atoms with Gasteiger partial charge < -0.3 is 4.74 Å². The molecule has 0 N–H and O–H groups in total. The van der Waals surface area contributed by atoms with Crippen molar-refractivity contribution in [2.45, 2.75) is 6.61 Å². The van der Waals surface area contributed by atoms with Crippen LogP contribution in [0.3, 0.4) is 0 Å². The number of ether oxygens (including phenoxy) is 1. The first-order valence-corrected chi connectivity index (χ1v) is 4.43. The van der Waals surface area contributed by atoms with Gasteiger partial charge in [0.1, 0.15) is 12.4 Å². The Balaban J connectivity index is 1.96. The zero-order valence-corrected chi connectivity index (χ0v) is 7.68. The summed E-state index contributed by atoms with van der Waals surface area (Å²) in [5, 5.41) is 0. The summed E-state index contributed by atoms with van der Waals surface area (Å²) in [7, 11) is 0. The van der Waals surface area contributed by atoms with E-state index in [0.29, 0.717) is 6.61 Å². The zero-order chi connectivity index (χ0) is 9.64. The fourth-order valence-corrected chi connectivity index (χ4v) is 1.11. The van der Waals surface area contributed by atoms with Gasteiger partial charge >= 0.3 is 0 Å². The van der Waals surface area contributed by atoms with Gasteiger partial charge in [-0.1, -0.05) is 12.1 Å². The molecule has 0 atom stereocenters. The molecular formula is C12H10NO. The van der Waals surface area contributed by atoms with E-state index in [9.17, 15) is 0 Å². The predicted octanol–water partition coefficient (Wildman–Crippen LogP) is 2.46. The van der Waals surface area contributed by atoms with Crippen LogP contribution in [0, 0.1) is 6.07 Å². The minimum atomic E-state index is 0.576. The van der Waals surface area contributed by atoms with Crippen molar-refractivity contribution >= 4 is 0 Å². The average molecular weight is 184 g/mol. The second-order valence-corrected chi connectivity index (χ2v) is 2.88. The van der Waals surface area contributed by atoms with Crippen LogP contribution in [0.2, 0.25) is 0 Å². The second kappa shape index (κ2) is 4.42. The number of rotatable bonds is 3. The number of benzene rings is 1. The van der Waals surface area contributed by atoms with E-state index in [-0.39, 0.29) is 0 Å². The molecule has 0 amide bonds. The molecule has 2 heteroatoms. The summed E-state index contributed by atoms with van der Waals surface area (Å²) in [6, 6.07) is 14.3. The van der Waals surface area contributed by atoms with Crippen molar-refractivity contribution in [1.29, 1.82) is 0 Å². The Morgan fingerprint density at radius 2 is 1.79 bits per heavy atom. The summed E-state index contributed by atoms with van der Waals surface area (Å²) >= 11 is 0. The topological polar surface area (TPSA) is 22.1 Å². The quantitative estimate of drug-likeness (QED) is 0.731. The van der Waals surface area contributed by atoms with Gasteiger partial charge in [-0.2, -0.15) is 0 Å². The first kappa shape index (κ1) is 8.75. The molecule has 0 aliphatic rings. The normalized spacial score (nSPS) is 9.71. The Kier molecular flexibility index (Phi) is 2.76. The third-order valence-corrected chi connectivity index (χ3v) is 1.84. The highest BCUT2D eigenvalue weighted by atomic mass is 16.5. The number of hydrogen-bond acceptors (Lipinski definition) is 2. The van der Waals surface area contributed by atoms with Crippen LogP contribution in [0.25, 0.3) is 0 Å². The summed E-state index contributed by atoms with van der Waals surface area (Å²) in [4.78, 5) is 3.94. The van der Waals surface area contributed by atoms with Gasteiger partial charge in [-0.3, -0.25) is 4.98 Å². The molecule has 0 saturated heterocycles. The minimum Gasteiger partial charge on any atom is -0.489 e. The van der Waals surface area contributed by atoms with Crippen molar-refractivity contribution in [3.8, 4) is 5.75 Å². The van der Waals surface area contributed by atoms with E-state index < -0.39 is 0 Å². The van der Waals surface area contributed by atoms with Gasteiger partial charge in [0.25, 0.3) is 0 Å². The molecule has 0 aliphatic carbocycles. The SMILES string of the molecule is [c]1ccc(OCc2ccncc2)cc1. The predicted molar refractivity (Wildman–Crippen MR) is 53.8 cm³/mol. The Bertz CT molecular complexity index is 333. The average Bonchev–Trinajstić information content (AvgIpc) is 2.29. The van der Waals surface area contributed by atoms with Crippen LogP contribution in [0.15, 0.2) is 48.8 Å². The molecule has 0 aliphatic heterocycles. The van der Waals surface area contributed by atoms with Crippen molar-refractivity contribution < 1.29 is 4.74 Å². The van der Waals surface area contributed by atoms with E-state index in [0.717, 1.165) is 11.3 Å². The lowest BCUT2D eigenvalue weighted by molar-refractivity contribution is 0.306. The molecule has 2 rings (SSSR count). The molecule has 1 aromatic carbocycles. The first-order chi connectivity index (χ1) is 6.95. The first-order valence-electron chi connectivity index (χ1n) is 4.43. The molecule has 0 spiro atoms. The van der Waals surface area contributed by atoms with Gasteiger partial charge in [-0.05, 0) is 35.9 Å². The van der Waals surface area contributed by atoms with Crippen LogP contribution in [0.1, 0.15) is 5.56 Å². The van der Waals surface area contributed by atoms with Crippen LogP contribution in [0.4, 0.5) is 0 Å². The number of nitrogens with zero attached hydrogens (tertiary/aromatic N) is 1. The van der Waals surface area contributed by atoms with Crippen molar-refractivity contribution in [1.82, 2.24) is 4.98 Å². The van der Waals surface area contributed by atoms with Gasteiger partial charge in [0.15, 0.2) is 0 Å². The maximum atomic E-state index is 5.54. The van der Waals surface area contributed by atoms with Gasteiger partial charge in [-0.15, -0.1) is 0 Å². The van der Waals surface area contributed by atoms with Crippen LogP contribution in [-0.2, 0) is 6.61 Å². The van der Waals surface area contributed by atoms with Crippen molar-refractivity contribution in [2.24, 2.45) is 0 Å². The minimum absolute atomic E-state index is 0.576. The molecule has 69 valence electrons. The fourth-order valence-electron chi connectivity index (χ4n) is 1.11. The number of hydrogen-bond donors (Lipinski definition) is 0. The summed E-state index contributed by atoms with van der Waals surface area (Å²) in [6.07, 6.45) is 3.52. The highest BCUT2D eigenvalue weighted by Crippen LogP contribution is 2.10. The Labute approximate surface area is 83.2 Å². The highest BCUT2D eigenvalue weighted by molar-refractivity contribution is 5.21.